The highest BCUT2D eigenvalue weighted by Crippen LogP contribution is 2.20. The van der Waals surface area contributed by atoms with Crippen LogP contribution in [-0.2, 0) is 16.1 Å². The number of ether oxygens (including phenoxy) is 1. The molecule has 0 aliphatic heterocycles. The third kappa shape index (κ3) is 5.62. The average Bonchev–Trinajstić information content (AvgIpc) is 3.25. The Morgan fingerprint density at radius 3 is 2.33 bits per heavy atom. The van der Waals surface area contributed by atoms with Crippen LogP contribution in [0.15, 0.2) is 48.5 Å². The van der Waals surface area contributed by atoms with Crippen LogP contribution in [0.5, 0.6) is 5.75 Å². The molecule has 0 saturated heterocycles. The maximum atomic E-state index is 13.1. The van der Waals surface area contributed by atoms with E-state index in [4.69, 9.17) is 4.74 Å². The lowest BCUT2D eigenvalue weighted by atomic mass is 10.1. The Hall–Kier alpha value is -2.82. The van der Waals surface area contributed by atoms with Crippen molar-refractivity contribution in [3.63, 3.8) is 0 Å². The monoisotopic (exact) mass is 408 g/mol. The van der Waals surface area contributed by atoms with E-state index in [1.807, 2.05) is 62.4 Å². The number of aryl methyl sites for hydroxylation is 2. The van der Waals surface area contributed by atoms with Crippen molar-refractivity contribution in [1.29, 1.82) is 0 Å². The molecule has 0 spiro atoms. The van der Waals surface area contributed by atoms with E-state index in [1.54, 1.807) is 11.8 Å². The first-order chi connectivity index (χ1) is 14.5. The number of nitrogens with zero attached hydrogens (tertiary/aromatic N) is 1. The Morgan fingerprint density at radius 1 is 1.03 bits per heavy atom. The number of hydrogen-bond donors (Lipinski definition) is 1. The van der Waals surface area contributed by atoms with Gasteiger partial charge in [0.05, 0.1) is 0 Å². The predicted octanol–water partition coefficient (Wildman–Crippen LogP) is 4.16. The zero-order valence-electron chi connectivity index (χ0n) is 18.2. The van der Waals surface area contributed by atoms with Crippen molar-refractivity contribution in [2.75, 3.05) is 6.61 Å². The molecule has 160 valence electrons. The number of nitrogens with one attached hydrogen (secondary N) is 1. The van der Waals surface area contributed by atoms with Crippen LogP contribution < -0.4 is 10.1 Å². The van der Waals surface area contributed by atoms with Gasteiger partial charge in [-0.1, -0.05) is 55.3 Å². The normalized spacial score (nSPS) is 14.9. The number of carbonyl (C=O) groups excluding carboxylic acids is 2. The first kappa shape index (κ1) is 21.9. The molecular formula is C25H32N2O3. The van der Waals surface area contributed by atoms with Crippen molar-refractivity contribution in [1.82, 2.24) is 10.2 Å². The SMILES string of the molecule is Cc1ccccc1CN(C(=O)COc1ccccc1C)[C@@H](C)C(=O)NC1CCCC1. The van der Waals surface area contributed by atoms with Gasteiger partial charge in [-0.3, -0.25) is 9.59 Å². The van der Waals surface area contributed by atoms with E-state index in [1.165, 1.54) is 0 Å². The molecule has 1 atom stereocenters. The van der Waals surface area contributed by atoms with Crippen LogP contribution in [-0.4, -0.2) is 35.4 Å². The fourth-order valence-electron chi connectivity index (χ4n) is 3.89. The minimum atomic E-state index is -0.571. The van der Waals surface area contributed by atoms with Gasteiger partial charge in [0.15, 0.2) is 6.61 Å². The van der Waals surface area contributed by atoms with Crippen LogP contribution in [0.4, 0.5) is 0 Å². The lowest BCUT2D eigenvalue weighted by molar-refractivity contribution is -0.142. The number of amides is 2. The summed E-state index contributed by atoms with van der Waals surface area (Å²) < 4.78 is 5.79. The molecular weight excluding hydrogens is 376 g/mol. The minimum absolute atomic E-state index is 0.0975. The molecule has 0 radical (unpaired) electrons. The Kier molecular flexibility index (Phi) is 7.50. The van der Waals surface area contributed by atoms with Gasteiger partial charge >= 0.3 is 0 Å². The standard InChI is InChI=1S/C25H32N2O3/c1-18-10-4-6-12-21(18)16-27(20(3)25(29)26-22-13-7-8-14-22)24(28)17-30-23-15-9-5-11-19(23)2/h4-6,9-12,15,20,22H,7-8,13-14,16-17H2,1-3H3,(H,26,29)/t20-/m0/s1. The smallest absolute Gasteiger partial charge is 0.261 e. The Labute approximate surface area is 179 Å². The molecule has 5 nitrogen and oxygen atoms in total. The topological polar surface area (TPSA) is 58.6 Å². The van der Waals surface area contributed by atoms with Gasteiger partial charge in [0.2, 0.25) is 5.91 Å². The number of rotatable bonds is 8. The highest BCUT2D eigenvalue weighted by atomic mass is 16.5. The molecule has 1 saturated carbocycles. The van der Waals surface area contributed by atoms with Crippen molar-refractivity contribution in [3.05, 3.63) is 65.2 Å². The van der Waals surface area contributed by atoms with Crippen molar-refractivity contribution < 1.29 is 14.3 Å². The van der Waals surface area contributed by atoms with Gasteiger partial charge in [-0.05, 0) is 56.4 Å². The summed E-state index contributed by atoms with van der Waals surface area (Å²) in [7, 11) is 0. The van der Waals surface area contributed by atoms with E-state index in [9.17, 15) is 9.59 Å². The first-order valence-corrected chi connectivity index (χ1v) is 10.8. The van der Waals surface area contributed by atoms with Gasteiger partial charge in [-0.25, -0.2) is 0 Å². The second-order valence-electron chi connectivity index (χ2n) is 8.17. The van der Waals surface area contributed by atoms with Gasteiger partial charge in [-0.15, -0.1) is 0 Å². The molecule has 0 unspecified atom stereocenters. The van der Waals surface area contributed by atoms with Crippen molar-refractivity contribution in [2.24, 2.45) is 0 Å². The summed E-state index contributed by atoms with van der Waals surface area (Å²) in [6, 6.07) is 15.2. The summed E-state index contributed by atoms with van der Waals surface area (Å²) in [6.45, 7) is 6.04. The molecule has 1 aliphatic rings. The van der Waals surface area contributed by atoms with Crippen LogP contribution in [0.2, 0.25) is 0 Å². The second kappa shape index (κ2) is 10.3. The molecule has 0 bridgehead atoms. The van der Waals surface area contributed by atoms with Crippen molar-refractivity contribution in [3.8, 4) is 5.75 Å². The maximum absolute atomic E-state index is 13.1. The highest BCUT2D eigenvalue weighted by Gasteiger charge is 2.29. The lowest BCUT2D eigenvalue weighted by Crippen LogP contribution is -2.50. The Balaban J connectivity index is 1.73. The summed E-state index contributed by atoms with van der Waals surface area (Å²) in [5.74, 6) is 0.389. The van der Waals surface area contributed by atoms with Crippen LogP contribution in [0.1, 0.15) is 49.3 Å². The summed E-state index contributed by atoms with van der Waals surface area (Å²) in [6.07, 6.45) is 4.33. The van der Waals surface area contributed by atoms with Crippen LogP contribution in [0.25, 0.3) is 0 Å². The van der Waals surface area contributed by atoms with Crippen molar-refractivity contribution >= 4 is 11.8 Å². The molecule has 30 heavy (non-hydrogen) atoms. The third-order valence-corrected chi connectivity index (χ3v) is 5.92. The molecule has 2 aromatic carbocycles. The maximum Gasteiger partial charge on any atom is 0.261 e. The predicted molar refractivity (Wildman–Crippen MR) is 118 cm³/mol. The van der Waals surface area contributed by atoms with Crippen LogP contribution in [0, 0.1) is 13.8 Å². The molecule has 2 aromatic rings. The molecule has 2 amide bonds. The zero-order valence-corrected chi connectivity index (χ0v) is 18.2. The van der Waals surface area contributed by atoms with Crippen LogP contribution >= 0.6 is 0 Å². The second-order valence-corrected chi connectivity index (χ2v) is 8.17. The van der Waals surface area contributed by atoms with Gasteiger partial charge in [0.25, 0.3) is 5.91 Å². The summed E-state index contributed by atoms with van der Waals surface area (Å²) in [5, 5.41) is 3.12. The molecule has 1 N–H and O–H groups in total. The average molecular weight is 409 g/mol. The minimum Gasteiger partial charge on any atom is -0.484 e. The van der Waals surface area contributed by atoms with Crippen LogP contribution in [0.3, 0.4) is 0 Å². The zero-order chi connectivity index (χ0) is 21.5. The van der Waals surface area contributed by atoms with Crippen molar-refractivity contribution in [2.45, 2.75) is 65.1 Å². The quantitative estimate of drug-likeness (QED) is 0.714. The van der Waals surface area contributed by atoms with E-state index >= 15 is 0 Å². The summed E-state index contributed by atoms with van der Waals surface area (Å²) in [5.41, 5.74) is 3.10. The van der Waals surface area contributed by atoms with Gasteiger partial charge in [0, 0.05) is 12.6 Å². The molecule has 0 aromatic heterocycles. The Bertz CT molecular complexity index is 874. The molecule has 5 heteroatoms. The Morgan fingerprint density at radius 2 is 1.67 bits per heavy atom. The summed E-state index contributed by atoms with van der Waals surface area (Å²) in [4.78, 5) is 27.7. The number of carbonyl (C=O) groups is 2. The molecule has 3 rings (SSSR count). The van der Waals surface area contributed by atoms with E-state index in [0.29, 0.717) is 12.3 Å². The van der Waals surface area contributed by atoms with Gasteiger partial charge < -0.3 is 15.0 Å². The fraction of sp³-hybridized carbons (Fsp3) is 0.440. The lowest BCUT2D eigenvalue weighted by Gasteiger charge is -2.30. The van der Waals surface area contributed by atoms with E-state index < -0.39 is 6.04 Å². The highest BCUT2D eigenvalue weighted by molar-refractivity contribution is 5.88. The largest absolute Gasteiger partial charge is 0.484 e. The van der Waals surface area contributed by atoms with Gasteiger partial charge in [-0.2, -0.15) is 0 Å². The number of benzene rings is 2. The number of para-hydroxylation sites is 1. The molecule has 1 fully saturated rings. The third-order valence-electron chi connectivity index (χ3n) is 5.92. The first-order valence-electron chi connectivity index (χ1n) is 10.8. The van der Waals surface area contributed by atoms with E-state index in [-0.39, 0.29) is 24.5 Å². The fourth-order valence-corrected chi connectivity index (χ4v) is 3.89. The van der Waals surface area contributed by atoms with E-state index in [0.717, 1.165) is 42.4 Å². The summed E-state index contributed by atoms with van der Waals surface area (Å²) >= 11 is 0. The molecule has 1 aliphatic carbocycles. The van der Waals surface area contributed by atoms with Gasteiger partial charge in [0.1, 0.15) is 11.8 Å². The molecule has 0 heterocycles. The van der Waals surface area contributed by atoms with E-state index in [2.05, 4.69) is 5.32 Å². The number of hydrogen-bond acceptors (Lipinski definition) is 3.